The van der Waals surface area contributed by atoms with Crippen LogP contribution in [0.4, 0.5) is 0 Å². The average Bonchev–Trinajstić information content (AvgIpc) is 4.31. The van der Waals surface area contributed by atoms with Gasteiger partial charge in [0.25, 0.3) is 0 Å². The quantitative estimate of drug-likeness (QED) is 0.0453. The molecule has 0 saturated carbocycles. The first kappa shape index (κ1) is 69.4. The maximum Gasteiger partial charge on any atom is 0.191 e. The number of phenolic OH excluding ortho intramolecular Hbond substituents is 1. The number of carbonyl (C=O) groups is 4. The van der Waals surface area contributed by atoms with E-state index in [0.717, 1.165) is 78.7 Å². The summed E-state index contributed by atoms with van der Waals surface area (Å²) in [5, 5.41) is 12.9. The zero-order valence-electron chi connectivity index (χ0n) is 46.1. The summed E-state index contributed by atoms with van der Waals surface area (Å²) in [4.78, 5) is 43.5. The molecule has 0 aliphatic heterocycles. The van der Waals surface area contributed by atoms with Crippen LogP contribution in [-0.4, -0.2) is 91.4 Å². The molecule has 3 heterocycles. The van der Waals surface area contributed by atoms with Crippen molar-refractivity contribution in [2.45, 2.75) is 67.7 Å². The van der Waals surface area contributed by atoms with Gasteiger partial charge in [-0.1, -0.05) is 92.8 Å². The summed E-state index contributed by atoms with van der Waals surface area (Å²) in [6.45, 7) is 7.29. The molecule has 17 nitrogen and oxygen atoms in total. The Kier molecular flexibility index (Phi) is 29.1. The SMILES string of the molecule is C.C.C.CCOC(COc1c(C=O)cccc1OC)OCC.COc1cccc(C=O)c1O.COc1cccc2cc(C=O)oc12.COc1cccc2cc(CBr)oc12.COc1cccc2cc(COc3ccc4c(c3)CC(=O)C=C4C)oc12. The zero-order valence-corrected chi connectivity index (χ0v) is 47.7. The number of phenols is 1. The number of hydrogen-bond acceptors (Lipinski definition) is 17. The summed E-state index contributed by atoms with van der Waals surface area (Å²) < 4.78 is 64.4. The van der Waals surface area contributed by atoms with Gasteiger partial charge < -0.3 is 61.0 Å². The summed E-state index contributed by atoms with van der Waals surface area (Å²) in [7, 11) is 7.80. The third-order valence-corrected chi connectivity index (χ3v) is 12.5. The summed E-state index contributed by atoms with van der Waals surface area (Å²) in [5.41, 5.74) is 5.96. The van der Waals surface area contributed by atoms with E-state index in [1.807, 2.05) is 99.6 Å². The second-order valence-corrected chi connectivity index (χ2v) is 17.8. The van der Waals surface area contributed by atoms with Gasteiger partial charge in [0.1, 0.15) is 30.5 Å². The van der Waals surface area contributed by atoms with E-state index in [1.54, 1.807) is 69.9 Å². The molecule has 0 atom stereocenters. The van der Waals surface area contributed by atoms with E-state index in [-0.39, 0.29) is 46.0 Å². The molecule has 0 fully saturated rings. The van der Waals surface area contributed by atoms with E-state index < -0.39 is 6.29 Å². The Hall–Kier alpha value is -8.84. The molecule has 3 aromatic heterocycles. The van der Waals surface area contributed by atoms with Crippen molar-refractivity contribution in [1.82, 2.24) is 0 Å². The minimum atomic E-state index is -0.459. The molecule has 84 heavy (non-hydrogen) atoms. The van der Waals surface area contributed by atoms with Crippen molar-refractivity contribution >= 4 is 79.1 Å². The average molecular weight is 1220 g/mol. The fraction of sp³-hybridized carbons (Fsp3) is 0.273. The molecular formula is C66H75BrO17. The van der Waals surface area contributed by atoms with Crippen molar-refractivity contribution in [3.05, 3.63) is 173 Å². The highest BCUT2D eigenvalue weighted by Gasteiger charge is 2.18. The zero-order chi connectivity index (χ0) is 58.3. The number of fused-ring (bicyclic) bond motifs is 4. The lowest BCUT2D eigenvalue weighted by atomic mass is 9.91. The van der Waals surface area contributed by atoms with Crippen LogP contribution < -0.4 is 33.2 Å². The van der Waals surface area contributed by atoms with Crippen LogP contribution in [0.2, 0.25) is 0 Å². The van der Waals surface area contributed by atoms with E-state index in [0.29, 0.717) is 84.5 Å². The van der Waals surface area contributed by atoms with Gasteiger partial charge in [-0.3, -0.25) is 19.2 Å². The van der Waals surface area contributed by atoms with Crippen LogP contribution in [0.1, 0.15) is 97.0 Å². The van der Waals surface area contributed by atoms with Crippen LogP contribution >= 0.6 is 15.9 Å². The van der Waals surface area contributed by atoms with Crippen LogP contribution in [0.15, 0.2) is 147 Å². The highest BCUT2D eigenvalue weighted by Crippen LogP contribution is 2.34. The van der Waals surface area contributed by atoms with Crippen LogP contribution in [0.25, 0.3) is 38.5 Å². The first-order valence-electron chi connectivity index (χ1n) is 25.3. The number of rotatable bonds is 19. The lowest BCUT2D eigenvalue weighted by Gasteiger charge is -2.19. The largest absolute Gasteiger partial charge is 0.504 e. The Morgan fingerprint density at radius 1 is 0.571 bits per heavy atom. The normalized spacial score (nSPS) is 10.8. The summed E-state index contributed by atoms with van der Waals surface area (Å²) in [5.74, 6) is 6.08. The number of para-hydroxylation sites is 5. The number of hydrogen-bond donors (Lipinski definition) is 1. The molecule has 10 rings (SSSR count). The molecule has 1 N–H and O–H groups in total. The number of halogens is 1. The van der Waals surface area contributed by atoms with Gasteiger partial charge in [0.15, 0.2) is 93.7 Å². The molecule has 0 radical (unpaired) electrons. The topological polar surface area (TPSA) is 211 Å². The highest BCUT2D eigenvalue weighted by molar-refractivity contribution is 9.08. The second-order valence-electron chi connectivity index (χ2n) is 17.2. The van der Waals surface area contributed by atoms with Gasteiger partial charge in [-0.05, 0) is 116 Å². The molecule has 1 aliphatic carbocycles. The standard InChI is InChI=1S/C21H18O4.C14H20O5.C10H9BrO2.C10H8O3.C8H8O3.3CH4/c1-13-8-16(22)9-15-11-17(6-7-19(13)15)24-12-18-10-14-4-3-5-20(23-2)21(14)25-18;1-4-17-13(18-5-2)10-19-14-11(9-15)7-6-8-12(14)16-3;2*1-12-9-4-2-3-7-5-8(6-11)13-10(7)9;1-11-7-4-2-3-6(5-9)8(7)10;;;/h3-8,10-11H,9,12H2,1-2H3;6-9,13H,4-5,10H2,1-3H3;2-5H,6H2,1H3;2-6H,1H3;2-5,10H,1H3;3*1H4. The number of alkyl halides is 1. The predicted molar refractivity (Wildman–Crippen MR) is 331 cm³/mol. The lowest BCUT2D eigenvalue weighted by Crippen LogP contribution is -2.25. The van der Waals surface area contributed by atoms with Crippen molar-refractivity contribution in [2.24, 2.45) is 0 Å². The van der Waals surface area contributed by atoms with Gasteiger partial charge in [0.2, 0.25) is 0 Å². The summed E-state index contributed by atoms with van der Waals surface area (Å²) in [6, 6.07) is 38.5. The molecule has 18 heteroatoms. The highest BCUT2D eigenvalue weighted by atomic mass is 79.9. The van der Waals surface area contributed by atoms with Crippen LogP contribution in [0.5, 0.6) is 46.0 Å². The lowest BCUT2D eigenvalue weighted by molar-refractivity contribution is -0.152. The molecule has 9 aromatic rings. The molecule has 1 aliphatic rings. The Morgan fingerprint density at radius 2 is 1.06 bits per heavy atom. The van der Waals surface area contributed by atoms with Crippen molar-refractivity contribution in [3.8, 4) is 46.0 Å². The molecule has 6 aromatic carbocycles. The third kappa shape index (κ3) is 18.3. The number of methoxy groups -OCH3 is 5. The van der Waals surface area contributed by atoms with E-state index >= 15 is 0 Å². The third-order valence-electron chi connectivity index (χ3n) is 12.0. The first-order valence-corrected chi connectivity index (χ1v) is 26.5. The molecule has 448 valence electrons. The Bertz CT molecular complexity index is 3550. The van der Waals surface area contributed by atoms with Crippen LogP contribution in [0.3, 0.4) is 0 Å². The number of allylic oxidation sites excluding steroid dienone is 2. The number of benzene rings is 6. The van der Waals surface area contributed by atoms with Crippen LogP contribution in [-0.2, 0) is 32.6 Å². The van der Waals surface area contributed by atoms with Crippen molar-refractivity contribution in [1.29, 1.82) is 0 Å². The summed E-state index contributed by atoms with van der Waals surface area (Å²) >= 11 is 3.35. The van der Waals surface area contributed by atoms with E-state index in [1.165, 1.54) is 20.3 Å². The predicted octanol–water partition coefficient (Wildman–Crippen LogP) is 15.5. The van der Waals surface area contributed by atoms with E-state index in [9.17, 15) is 24.3 Å². The van der Waals surface area contributed by atoms with Gasteiger partial charge in [0, 0.05) is 35.8 Å². The number of ketones is 1. The first-order chi connectivity index (χ1) is 39.4. The monoisotopic (exact) mass is 1220 g/mol. The van der Waals surface area contributed by atoms with Crippen molar-refractivity contribution in [2.75, 3.05) is 55.4 Å². The Balaban J connectivity index is 0.000000282. The number of aromatic hydroxyl groups is 1. The molecule has 0 amide bonds. The van der Waals surface area contributed by atoms with Gasteiger partial charge in [-0.25, -0.2) is 0 Å². The molecule has 0 bridgehead atoms. The Morgan fingerprint density at radius 3 is 1.58 bits per heavy atom. The van der Waals surface area contributed by atoms with Crippen LogP contribution in [0, 0.1) is 0 Å². The molecule has 0 spiro atoms. The fourth-order valence-corrected chi connectivity index (χ4v) is 8.50. The maximum atomic E-state index is 11.7. The molecular weight excluding hydrogens is 1140 g/mol. The van der Waals surface area contributed by atoms with Gasteiger partial charge in [-0.15, -0.1) is 0 Å². The fourth-order valence-electron chi connectivity index (χ4n) is 8.22. The minimum Gasteiger partial charge on any atom is -0.504 e. The van der Waals surface area contributed by atoms with E-state index in [4.69, 9.17) is 55.9 Å². The Labute approximate surface area is 499 Å². The van der Waals surface area contributed by atoms with Gasteiger partial charge in [0.05, 0.1) is 52.0 Å². The van der Waals surface area contributed by atoms with Gasteiger partial charge >= 0.3 is 0 Å². The van der Waals surface area contributed by atoms with Crippen molar-refractivity contribution in [3.63, 3.8) is 0 Å². The number of furan rings is 3. The van der Waals surface area contributed by atoms with Gasteiger partial charge in [-0.2, -0.15) is 0 Å². The summed E-state index contributed by atoms with van der Waals surface area (Å²) in [6.07, 6.45) is 3.65. The minimum absolute atomic E-state index is 0. The molecule has 0 unspecified atom stereocenters. The maximum absolute atomic E-state index is 11.7. The van der Waals surface area contributed by atoms with E-state index in [2.05, 4.69) is 15.9 Å². The second kappa shape index (κ2) is 35.2. The molecule has 0 saturated heterocycles. The number of aldehydes is 3. The smallest absolute Gasteiger partial charge is 0.191 e. The van der Waals surface area contributed by atoms with Crippen molar-refractivity contribution < 1.29 is 80.2 Å². The number of ether oxygens (including phenoxy) is 9. The number of carbonyl (C=O) groups excluding carboxylic acids is 4.